The zero-order valence-electron chi connectivity index (χ0n) is 12.7. The van der Waals surface area contributed by atoms with E-state index in [0.29, 0.717) is 0 Å². The first-order chi connectivity index (χ1) is 10.3. The third-order valence-electron chi connectivity index (χ3n) is 6.18. The molecule has 2 N–H and O–H groups in total. The summed E-state index contributed by atoms with van der Waals surface area (Å²) in [5.74, 6) is 1.77. The van der Waals surface area contributed by atoms with Gasteiger partial charge >= 0.3 is 0 Å². The third kappa shape index (κ3) is 1.63. The van der Waals surface area contributed by atoms with E-state index in [-0.39, 0.29) is 0 Å². The number of benzene rings is 1. The standard InChI is InChI=1S/C19H22N2/c1-12-6-7-13-11-21-9-8-15-14-4-2-3-5-17(14)20-18(15)19(21)16(13)10-12/h2-6,13,16,19-20H,7-11H2,1H3/p+1/t13-,16-,19+/m1/s1. The van der Waals surface area contributed by atoms with Crippen molar-refractivity contribution in [3.63, 3.8) is 0 Å². The third-order valence-corrected chi connectivity index (χ3v) is 6.18. The van der Waals surface area contributed by atoms with E-state index in [1.54, 1.807) is 16.8 Å². The molecule has 3 heterocycles. The lowest BCUT2D eigenvalue weighted by molar-refractivity contribution is -0.924. The molecule has 0 saturated carbocycles. The molecule has 1 saturated heterocycles. The Labute approximate surface area is 125 Å². The van der Waals surface area contributed by atoms with Crippen LogP contribution in [-0.4, -0.2) is 18.1 Å². The van der Waals surface area contributed by atoms with Crippen LogP contribution in [0, 0.1) is 11.8 Å². The lowest BCUT2D eigenvalue weighted by atomic mass is 9.77. The van der Waals surface area contributed by atoms with E-state index < -0.39 is 0 Å². The highest BCUT2D eigenvalue weighted by atomic mass is 15.2. The Hall–Kier alpha value is -1.54. The number of quaternary nitrogens is 1. The lowest BCUT2D eigenvalue weighted by Crippen LogP contribution is -3.11. The SMILES string of the molecule is CC1=CC[C@@H]2C[NH+]3CCc4c([nH]c5ccccc45)[C@@H]3[C@@H]2C1. The van der Waals surface area contributed by atoms with Crippen molar-refractivity contribution in [2.75, 3.05) is 13.1 Å². The maximum absolute atomic E-state index is 3.80. The van der Waals surface area contributed by atoms with E-state index in [1.165, 1.54) is 43.3 Å². The Balaban J connectivity index is 1.65. The molecule has 4 atom stereocenters. The van der Waals surface area contributed by atoms with Crippen LogP contribution in [0.2, 0.25) is 0 Å². The number of nitrogens with one attached hydrogen (secondary N) is 2. The minimum Gasteiger partial charge on any atom is -0.353 e. The number of fused-ring (bicyclic) bond motifs is 7. The molecular weight excluding hydrogens is 256 g/mol. The Bertz CT molecular complexity index is 739. The van der Waals surface area contributed by atoms with Crippen LogP contribution in [0.1, 0.15) is 37.1 Å². The van der Waals surface area contributed by atoms with Crippen molar-refractivity contribution in [1.82, 2.24) is 4.98 Å². The highest BCUT2D eigenvalue weighted by Gasteiger charge is 2.49. The number of hydrogen-bond acceptors (Lipinski definition) is 0. The molecular formula is C19H23N2+. The summed E-state index contributed by atoms with van der Waals surface area (Å²) in [5.41, 5.74) is 6.14. The molecule has 1 aliphatic carbocycles. The minimum atomic E-state index is 0.717. The fourth-order valence-electron chi connectivity index (χ4n) is 5.26. The van der Waals surface area contributed by atoms with E-state index >= 15 is 0 Å². The van der Waals surface area contributed by atoms with Gasteiger partial charge in [-0.1, -0.05) is 29.8 Å². The van der Waals surface area contributed by atoms with Crippen LogP contribution in [-0.2, 0) is 6.42 Å². The highest BCUT2D eigenvalue weighted by Crippen LogP contribution is 2.43. The summed E-state index contributed by atoms with van der Waals surface area (Å²) in [6.07, 6.45) is 6.36. The molecule has 2 aliphatic heterocycles. The van der Waals surface area contributed by atoms with Crippen LogP contribution < -0.4 is 4.90 Å². The van der Waals surface area contributed by atoms with Gasteiger partial charge in [0.2, 0.25) is 0 Å². The van der Waals surface area contributed by atoms with Gasteiger partial charge in [0.25, 0.3) is 0 Å². The molecule has 1 aromatic carbocycles. The Kier molecular flexibility index (Phi) is 2.43. The second-order valence-electron chi connectivity index (χ2n) is 7.32. The summed E-state index contributed by atoms with van der Waals surface area (Å²) in [6.45, 7) is 5.03. The molecule has 108 valence electrons. The Morgan fingerprint density at radius 3 is 3.10 bits per heavy atom. The van der Waals surface area contributed by atoms with Gasteiger partial charge in [0.1, 0.15) is 6.04 Å². The van der Waals surface area contributed by atoms with E-state index in [4.69, 9.17) is 0 Å². The number of rotatable bonds is 0. The van der Waals surface area contributed by atoms with E-state index in [2.05, 4.69) is 42.2 Å². The van der Waals surface area contributed by atoms with Gasteiger partial charge in [0.15, 0.2) is 0 Å². The largest absolute Gasteiger partial charge is 0.353 e. The average Bonchev–Trinajstić information content (AvgIpc) is 3.04. The summed E-state index contributed by atoms with van der Waals surface area (Å²) >= 11 is 0. The molecule has 0 amide bonds. The number of hydrogen-bond donors (Lipinski definition) is 2. The summed E-state index contributed by atoms with van der Waals surface area (Å²) in [6, 6.07) is 9.59. The van der Waals surface area contributed by atoms with E-state index in [9.17, 15) is 0 Å². The second kappa shape index (κ2) is 4.23. The quantitative estimate of drug-likeness (QED) is 0.692. The first-order valence-corrected chi connectivity index (χ1v) is 8.41. The maximum atomic E-state index is 3.80. The van der Waals surface area contributed by atoms with Crippen molar-refractivity contribution < 1.29 is 4.90 Å². The highest BCUT2D eigenvalue weighted by molar-refractivity contribution is 5.85. The molecule has 0 spiro atoms. The molecule has 3 aliphatic rings. The van der Waals surface area contributed by atoms with Crippen molar-refractivity contribution in [2.24, 2.45) is 11.8 Å². The molecule has 21 heavy (non-hydrogen) atoms. The summed E-state index contributed by atoms with van der Waals surface area (Å²) < 4.78 is 0. The van der Waals surface area contributed by atoms with Gasteiger partial charge in [-0.2, -0.15) is 0 Å². The first kappa shape index (κ1) is 12.0. The zero-order chi connectivity index (χ0) is 14.0. The van der Waals surface area contributed by atoms with Crippen LogP contribution in [0.3, 0.4) is 0 Å². The molecule has 5 rings (SSSR count). The minimum absolute atomic E-state index is 0.717. The molecule has 0 bridgehead atoms. The fraction of sp³-hybridized carbons (Fsp3) is 0.474. The van der Waals surface area contributed by atoms with Crippen LogP contribution in [0.4, 0.5) is 0 Å². The topological polar surface area (TPSA) is 20.2 Å². The van der Waals surface area contributed by atoms with Gasteiger partial charge in [-0.05, 0) is 31.4 Å². The smallest absolute Gasteiger partial charge is 0.132 e. The Morgan fingerprint density at radius 1 is 1.24 bits per heavy atom. The zero-order valence-corrected chi connectivity index (χ0v) is 12.7. The van der Waals surface area contributed by atoms with Crippen molar-refractivity contribution >= 4 is 10.9 Å². The Morgan fingerprint density at radius 2 is 2.14 bits per heavy atom. The van der Waals surface area contributed by atoms with Gasteiger partial charge in [0.05, 0.1) is 18.8 Å². The van der Waals surface area contributed by atoms with E-state index in [0.717, 1.165) is 17.9 Å². The van der Waals surface area contributed by atoms with Gasteiger partial charge in [0, 0.05) is 29.2 Å². The number of aromatic amines is 1. The average molecular weight is 279 g/mol. The number of H-pyrrole nitrogens is 1. The molecule has 1 aromatic heterocycles. The molecule has 2 aromatic rings. The molecule has 0 radical (unpaired) electrons. The summed E-state index contributed by atoms with van der Waals surface area (Å²) in [5, 5.41) is 1.47. The van der Waals surface area contributed by atoms with Crippen LogP contribution in [0.5, 0.6) is 0 Å². The maximum Gasteiger partial charge on any atom is 0.132 e. The summed E-state index contributed by atoms with van der Waals surface area (Å²) in [7, 11) is 0. The molecule has 2 nitrogen and oxygen atoms in total. The number of aromatic nitrogens is 1. The van der Waals surface area contributed by atoms with Gasteiger partial charge in [-0.3, -0.25) is 0 Å². The van der Waals surface area contributed by atoms with Crippen LogP contribution >= 0.6 is 0 Å². The van der Waals surface area contributed by atoms with Crippen molar-refractivity contribution in [3.8, 4) is 0 Å². The van der Waals surface area contributed by atoms with Gasteiger partial charge in [-0.25, -0.2) is 0 Å². The molecule has 1 fully saturated rings. The lowest BCUT2D eigenvalue weighted by Gasteiger charge is -2.30. The van der Waals surface area contributed by atoms with Crippen LogP contribution in [0.15, 0.2) is 35.9 Å². The van der Waals surface area contributed by atoms with Crippen LogP contribution in [0.25, 0.3) is 10.9 Å². The predicted molar refractivity (Wildman–Crippen MR) is 85.4 cm³/mol. The van der Waals surface area contributed by atoms with E-state index in [1.807, 2.05) is 4.90 Å². The monoisotopic (exact) mass is 279 g/mol. The normalized spacial score (nSPS) is 34.2. The van der Waals surface area contributed by atoms with Gasteiger partial charge in [-0.15, -0.1) is 0 Å². The molecule has 1 unspecified atom stereocenters. The predicted octanol–water partition coefficient (Wildman–Crippen LogP) is 2.64. The number of allylic oxidation sites excluding steroid dienone is 2. The molecule has 2 heteroatoms. The number of para-hydroxylation sites is 1. The van der Waals surface area contributed by atoms with Gasteiger partial charge < -0.3 is 9.88 Å². The summed E-state index contributed by atoms with van der Waals surface area (Å²) in [4.78, 5) is 5.63. The second-order valence-corrected chi connectivity index (χ2v) is 7.32. The first-order valence-electron chi connectivity index (χ1n) is 8.41. The van der Waals surface area contributed by atoms with Crippen molar-refractivity contribution in [3.05, 3.63) is 47.2 Å². The fourth-order valence-corrected chi connectivity index (χ4v) is 5.26. The van der Waals surface area contributed by atoms with Crippen molar-refractivity contribution in [2.45, 2.75) is 32.2 Å². The van der Waals surface area contributed by atoms with Crippen molar-refractivity contribution in [1.29, 1.82) is 0 Å².